The lowest BCUT2D eigenvalue weighted by Gasteiger charge is -2.21. The average molecular weight is 444 g/mol. The second kappa shape index (κ2) is 9.90. The van der Waals surface area contributed by atoms with Crippen LogP contribution in [0.15, 0.2) is 72.8 Å². The molecule has 170 valence electrons. The minimum absolute atomic E-state index is 0.0274. The van der Waals surface area contributed by atoms with Gasteiger partial charge in [-0.25, -0.2) is 0 Å². The first-order chi connectivity index (χ1) is 15.9. The summed E-state index contributed by atoms with van der Waals surface area (Å²) in [5.41, 5.74) is 4.63. The summed E-state index contributed by atoms with van der Waals surface area (Å²) >= 11 is 0. The van der Waals surface area contributed by atoms with Crippen molar-refractivity contribution in [2.75, 3.05) is 5.32 Å². The van der Waals surface area contributed by atoms with Crippen LogP contribution in [-0.2, 0) is 16.0 Å². The Kier molecular flexibility index (Phi) is 6.78. The molecule has 1 unspecified atom stereocenters. The Morgan fingerprint density at radius 2 is 1.79 bits per heavy atom. The topological polar surface area (TPSA) is 75.6 Å². The third kappa shape index (κ3) is 5.61. The van der Waals surface area contributed by atoms with Crippen molar-refractivity contribution >= 4 is 17.6 Å². The first kappa shape index (κ1) is 22.6. The van der Waals surface area contributed by atoms with Gasteiger partial charge in [0.05, 0.1) is 18.0 Å². The highest BCUT2D eigenvalue weighted by molar-refractivity contribution is 5.94. The molecule has 5 nitrogen and oxygen atoms in total. The summed E-state index contributed by atoms with van der Waals surface area (Å²) in [6, 6.07) is 23.5. The number of hydrogen-bond donors (Lipinski definition) is 2. The number of carboxylic acid groups (broad SMARTS) is 1. The van der Waals surface area contributed by atoms with Gasteiger partial charge in [-0.15, -0.1) is 0 Å². The molecule has 0 aliphatic heterocycles. The number of rotatable bonds is 9. The van der Waals surface area contributed by atoms with E-state index in [9.17, 15) is 14.7 Å². The molecule has 1 aliphatic carbocycles. The molecule has 2 N–H and O–H groups in total. The van der Waals surface area contributed by atoms with Crippen LogP contribution in [0.1, 0.15) is 54.0 Å². The lowest BCUT2D eigenvalue weighted by molar-refractivity contribution is -0.138. The van der Waals surface area contributed by atoms with Crippen molar-refractivity contribution in [3.05, 3.63) is 95.1 Å². The number of amides is 1. The largest absolute Gasteiger partial charge is 0.484 e. The minimum atomic E-state index is -0.777. The molecule has 1 saturated carbocycles. The number of hydrogen-bond acceptors (Lipinski definition) is 3. The van der Waals surface area contributed by atoms with E-state index in [1.165, 1.54) is 0 Å². The molecule has 3 aromatic rings. The number of benzene rings is 3. The first-order valence-corrected chi connectivity index (χ1v) is 11.4. The third-order valence-corrected chi connectivity index (χ3v) is 6.11. The molecule has 0 aromatic heterocycles. The van der Waals surface area contributed by atoms with Crippen molar-refractivity contribution in [1.29, 1.82) is 0 Å². The van der Waals surface area contributed by atoms with E-state index in [0.717, 1.165) is 28.7 Å². The van der Waals surface area contributed by atoms with Crippen LogP contribution in [-0.4, -0.2) is 17.0 Å². The number of aliphatic carboxylic acids is 1. The van der Waals surface area contributed by atoms with Crippen LogP contribution in [0.5, 0.6) is 5.75 Å². The highest BCUT2D eigenvalue weighted by atomic mass is 16.5. The monoisotopic (exact) mass is 443 g/mol. The summed E-state index contributed by atoms with van der Waals surface area (Å²) in [4.78, 5) is 24.2. The molecular formula is C28H29NO4. The predicted octanol–water partition coefficient (Wildman–Crippen LogP) is 5.89. The van der Waals surface area contributed by atoms with Gasteiger partial charge in [0.1, 0.15) is 11.9 Å². The van der Waals surface area contributed by atoms with Gasteiger partial charge in [-0.3, -0.25) is 9.59 Å². The Morgan fingerprint density at radius 3 is 2.42 bits per heavy atom. The molecule has 0 spiro atoms. The van der Waals surface area contributed by atoms with Gasteiger partial charge in [0.25, 0.3) is 0 Å². The maximum Gasteiger partial charge on any atom is 0.307 e. The van der Waals surface area contributed by atoms with E-state index >= 15 is 0 Å². The number of carbonyl (C=O) groups is 2. The Morgan fingerprint density at radius 1 is 1.06 bits per heavy atom. The van der Waals surface area contributed by atoms with Crippen LogP contribution in [0.2, 0.25) is 0 Å². The highest BCUT2D eigenvalue weighted by Crippen LogP contribution is 2.49. The van der Waals surface area contributed by atoms with Crippen LogP contribution in [0.25, 0.3) is 0 Å². The molecule has 0 heterocycles. The maximum absolute atomic E-state index is 12.9. The van der Waals surface area contributed by atoms with Gasteiger partial charge in [-0.1, -0.05) is 73.2 Å². The lowest BCUT2D eigenvalue weighted by atomic mass is 10.1. The summed E-state index contributed by atoms with van der Waals surface area (Å²) < 4.78 is 6.35. The van der Waals surface area contributed by atoms with Crippen LogP contribution < -0.4 is 10.1 Å². The smallest absolute Gasteiger partial charge is 0.307 e. The summed E-state index contributed by atoms with van der Waals surface area (Å²) in [5.74, 6) is -0.722. The molecule has 1 fully saturated rings. The minimum Gasteiger partial charge on any atom is -0.484 e. The zero-order valence-corrected chi connectivity index (χ0v) is 19.0. The van der Waals surface area contributed by atoms with E-state index in [4.69, 9.17) is 4.74 Å². The van der Waals surface area contributed by atoms with Crippen molar-refractivity contribution in [1.82, 2.24) is 0 Å². The Labute approximate surface area is 194 Å². The average Bonchev–Trinajstić information content (AvgIpc) is 3.62. The van der Waals surface area contributed by atoms with Crippen molar-refractivity contribution in [3.63, 3.8) is 0 Å². The number of ether oxygens (including phenoxy) is 1. The van der Waals surface area contributed by atoms with Gasteiger partial charge in [0.15, 0.2) is 0 Å². The SMILES string of the molecule is CCC(Oc1ccc([C@@H]2C[C@@H]2C(=O)O)cc1NC(=O)Cc1ccc(C)cc1)c1ccccc1. The van der Waals surface area contributed by atoms with E-state index in [1.807, 2.05) is 79.7 Å². The fraction of sp³-hybridized carbons (Fsp3) is 0.286. The van der Waals surface area contributed by atoms with Crippen LogP contribution in [0.4, 0.5) is 5.69 Å². The van der Waals surface area contributed by atoms with Crippen LogP contribution in [0, 0.1) is 12.8 Å². The van der Waals surface area contributed by atoms with Crippen molar-refractivity contribution in [2.45, 2.75) is 45.1 Å². The van der Waals surface area contributed by atoms with Crippen molar-refractivity contribution in [3.8, 4) is 5.75 Å². The summed E-state index contributed by atoms with van der Waals surface area (Å²) in [6.07, 6.45) is 1.48. The lowest BCUT2D eigenvalue weighted by Crippen LogP contribution is -2.16. The molecule has 0 radical (unpaired) electrons. The fourth-order valence-corrected chi connectivity index (χ4v) is 4.11. The molecule has 5 heteroatoms. The van der Waals surface area contributed by atoms with Crippen LogP contribution in [0.3, 0.4) is 0 Å². The van der Waals surface area contributed by atoms with Gasteiger partial charge in [0, 0.05) is 0 Å². The molecule has 0 saturated heterocycles. The standard InChI is InChI=1S/C28H29NO4/c1-3-25(20-7-5-4-6-8-20)33-26-14-13-21(22-17-23(22)28(31)32)16-24(26)29-27(30)15-19-11-9-18(2)10-12-19/h4-14,16,22-23,25H,3,15,17H2,1-2H3,(H,29,30)(H,31,32)/t22-,23-,25?/m0/s1. The summed E-state index contributed by atoms with van der Waals surface area (Å²) in [7, 11) is 0. The maximum atomic E-state index is 12.9. The predicted molar refractivity (Wildman–Crippen MR) is 129 cm³/mol. The molecule has 33 heavy (non-hydrogen) atoms. The number of carbonyl (C=O) groups excluding carboxylic acids is 1. The van der Waals surface area contributed by atoms with Crippen molar-refractivity contribution < 1.29 is 19.4 Å². The van der Waals surface area contributed by atoms with E-state index in [1.54, 1.807) is 0 Å². The second-order valence-corrected chi connectivity index (χ2v) is 8.68. The quantitative estimate of drug-likeness (QED) is 0.432. The Hall–Kier alpha value is -3.60. The number of anilines is 1. The Balaban J connectivity index is 1.57. The number of aryl methyl sites for hydroxylation is 1. The van der Waals surface area contributed by atoms with Gasteiger partial charge in [0.2, 0.25) is 5.91 Å². The number of carboxylic acids is 1. The normalized spacial score (nSPS) is 17.8. The number of nitrogens with one attached hydrogen (secondary N) is 1. The molecule has 1 aliphatic rings. The highest BCUT2D eigenvalue weighted by Gasteiger charge is 2.44. The van der Waals surface area contributed by atoms with Gasteiger partial charge in [-0.2, -0.15) is 0 Å². The van der Waals surface area contributed by atoms with Gasteiger partial charge in [-0.05, 0) is 54.5 Å². The van der Waals surface area contributed by atoms with Gasteiger partial charge >= 0.3 is 5.97 Å². The van der Waals surface area contributed by atoms with E-state index in [0.29, 0.717) is 17.9 Å². The first-order valence-electron chi connectivity index (χ1n) is 11.4. The van der Waals surface area contributed by atoms with Crippen molar-refractivity contribution in [2.24, 2.45) is 5.92 Å². The zero-order valence-electron chi connectivity index (χ0n) is 19.0. The van der Waals surface area contributed by atoms with E-state index in [-0.39, 0.29) is 30.3 Å². The van der Waals surface area contributed by atoms with Gasteiger partial charge < -0.3 is 15.2 Å². The Bertz CT molecular complexity index is 1120. The second-order valence-electron chi connectivity index (χ2n) is 8.68. The third-order valence-electron chi connectivity index (χ3n) is 6.11. The fourth-order valence-electron chi connectivity index (χ4n) is 4.11. The van der Waals surface area contributed by atoms with E-state index < -0.39 is 5.97 Å². The molecular weight excluding hydrogens is 414 g/mol. The summed E-state index contributed by atoms with van der Waals surface area (Å²) in [6.45, 7) is 4.07. The molecule has 0 bridgehead atoms. The molecule has 4 rings (SSSR count). The van der Waals surface area contributed by atoms with Crippen LogP contribution >= 0.6 is 0 Å². The molecule has 3 atom stereocenters. The summed E-state index contributed by atoms with van der Waals surface area (Å²) in [5, 5.41) is 12.3. The van der Waals surface area contributed by atoms with E-state index in [2.05, 4.69) is 12.2 Å². The molecule has 3 aromatic carbocycles. The molecule has 1 amide bonds. The zero-order chi connectivity index (χ0) is 23.4.